The summed E-state index contributed by atoms with van der Waals surface area (Å²) in [4.78, 5) is 26.6. The van der Waals surface area contributed by atoms with Gasteiger partial charge < -0.3 is 24.3 Å². The molecule has 1 heterocycles. The summed E-state index contributed by atoms with van der Waals surface area (Å²) < 4.78 is 21.0. The number of ether oxygens (including phenoxy) is 4. The Labute approximate surface area is 177 Å². The van der Waals surface area contributed by atoms with Gasteiger partial charge in [-0.1, -0.05) is 19.3 Å². The molecule has 3 rings (SSSR count). The lowest BCUT2D eigenvalue weighted by Crippen LogP contribution is -2.59. The molecule has 0 spiro atoms. The van der Waals surface area contributed by atoms with E-state index in [4.69, 9.17) is 18.9 Å². The molecule has 0 radical (unpaired) electrons. The van der Waals surface area contributed by atoms with Crippen molar-refractivity contribution in [1.82, 2.24) is 10.2 Å². The van der Waals surface area contributed by atoms with Gasteiger partial charge in [0.25, 0.3) is 5.91 Å². The largest absolute Gasteiger partial charge is 0.497 e. The van der Waals surface area contributed by atoms with E-state index in [0.717, 1.165) is 39.1 Å². The maximum Gasteiger partial charge on any atom is 0.344 e. The Hall–Kier alpha value is -2.32. The number of carbonyl (C=O) groups is 2. The van der Waals surface area contributed by atoms with E-state index in [-0.39, 0.29) is 24.7 Å². The summed E-state index contributed by atoms with van der Waals surface area (Å²) in [6.45, 7) is 3.29. The molecule has 30 heavy (non-hydrogen) atoms. The molecule has 0 unspecified atom stereocenters. The first-order valence-electron chi connectivity index (χ1n) is 10.6. The van der Waals surface area contributed by atoms with Gasteiger partial charge in [-0.3, -0.25) is 9.69 Å². The molecule has 2 aliphatic rings. The van der Waals surface area contributed by atoms with Crippen LogP contribution in [0.3, 0.4) is 0 Å². The molecule has 1 saturated heterocycles. The second-order valence-electron chi connectivity index (χ2n) is 7.79. The van der Waals surface area contributed by atoms with Crippen molar-refractivity contribution in [2.45, 2.75) is 37.6 Å². The van der Waals surface area contributed by atoms with Crippen molar-refractivity contribution in [3.63, 3.8) is 0 Å². The first kappa shape index (κ1) is 22.4. The number of methoxy groups -OCH3 is 1. The van der Waals surface area contributed by atoms with Crippen LogP contribution < -0.4 is 14.8 Å². The fourth-order valence-corrected chi connectivity index (χ4v) is 4.17. The minimum atomic E-state index is -0.582. The lowest BCUT2D eigenvalue weighted by Gasteiger charge is -2.48. The molecule has 0 atom stereocenters. The predicted molar refractivity (Wildman–Crippen MR) is 111 cm³/mol. The molecule has 1 aromatic rings. The molecule has 1 N–H and O–H groups in total. The van der Waals surface area contributed by atoms with E-state index < -0.39 is 5.97 Å². The topological polar surface area (TPSA) is 86.3 Å². The Morgan fingerprint density at radius 1 is 1.03 bits per heavy atom. The van der Waals surface area contributed by atoms with Crippen molar-refractivity contribution >= 4 is 11.9 Å². The fourth-order valence-electron chi connectivity index (χ4n) is 4.17. The maximum atomic E-state index is 12.3. The number of nitrogens with zero attached hydrogens (tertiary/aromatic N) is 1. The minimum absolute atomic E-state index is 0.0147. The van der Waals surface area contributed by atoms with Crippen molar-refractivity contribution in [3.05, 3.63) is 24.3 Å². The van der Waals surface area contributed by atoms with Gasteiger partial charge in [-0.05, 0) is 37.1 Å². The molecule has 1 aliphatic heterocycles. The van der Waals surface area contributed by atoms with Gasteiger partial charge in [0.15, 0.2) is 13.2 Å². The van der Waals surface area contributed by atoms with Crippen molar-refractivity contribution in [1.29, 1.82) is 0 Å². The van der Waals surface area contributed by atoms with E-state index in [1.54, 1.807) is 31.4 Å². The van der Waals surface area contributed by atoms with Gasteiger partial charge in [0.2, 0.25) is 0 Å². The van der Waals surface area contributed by atoms with Crippen molar-refractivity contribution in [3.8, 4) is 11.5 Å². The van der Waals surface area contributed by atoms with E-state index in [2.05, 4.69) is 10.2 Å². The smallest absolute Gasteiger partial charge is 0.344 e. The summed E-state index contributed by atoms with van der Waals surface area (Å²) in [6.07, 6.45) is 5.73. The Kier molecular flexibility index (Phi) is 8.33. The van der Waals surface area contributed by atoms with Gasteiger partial charge in [-0.2, -0.15) is 0 Å². The zero-order valence-electron chi connectivity index (χ0n) is 17.7. The van der Waals surface area contributed by atoms with E-state index in [1.807, 2.05) is 0 Å². The normalized spacial score (nSPS) is 19.0. The molecule has 8 heteroatoms. The molecular formula is C22H32N2O6. The number of benzene rings is 1. The fraction of sp³-hybridized carbons (Fsp3) is 0.636. The Balaban J connectivity index is 1.39. The first-order chi connectivity index (χ1) is 14.6. The van der Waals surface area contributed by atoms with Crippen molar-refractivity contribution < 1.29 is 28.5 Å². The van der Waals surface area contributed by atoms with Gasteiger partial charge >= 0.3 is 5.97 Å². The van der Waals surface area contributed by atoms with Crippen molar-refractivity contribution in [2.24, 2.45) is 0 Å². The van der Waals surface area contributed by atoms with Gasteiger partial charge in [0.1, 0.15) is 11.5 Å². The monoisotopic (exact) mass is 420 g/mol. The number of nitrogens with one attached hydrogen (secondary N) is 1. The third-order valence-corrected chi connectivity index (χ3v) is 5.86. The SMILES string of the molecule is COc1ccc(OCC(=O)OCC(=O)NCC2(N3CCOCC3)CCCCC2)cc1. The van der Waals surface area contributed by atoms with Crippen LogP contribution in [0.2, 0.25) is 0 Å². The quantitative estimate of drug-likeness (QED) is 0.609. The molecule has 0 bridgehead atoms. The van der Waals surface area contributed by atoms with Crippen LogP contribution in [0.4, 0.5) is 0 Å². The van der Waals surface area contributed by atoms with E-state index in [1.165, 1.54) is 19.3 Å². The van der Waals surface area contributed by atoms with Gasteiger partial charge in [0, 0.05) is 25.2 Å². The number of esters is 1. The lowest BCUT2D eigenvalue weighted by atomic mass is 9.79. The Morgan fingerprint density at radius 2 is 1.70 bits per heavy atom. The van der Waals surface area contributed by atoms with Crippen LogP contribution >= 0.6 is 0 Å². The average molecular weight is 421 g/mol. The van der Waals surface area contributed by atoms with Crippen LogP contribution in [0.15, 0.2) is 24.3 Å². The number of hydrogen-bond donors (Lipinski definition) is 1. The van der Waals surface area contributed by atoms with Crippen LogP contribution in [0.25, 0.3) is 0 Å². The average Bonchev–Trinajstić information content (AvgIpc) is 2.81. The second-order valence-corrected chi connectivity index (χ2v) is 7.79. The summed E-state index contributed by atoms with van der Waals surface area (Å²) >= 11 is 0. The molecule has 1 aliphatic carbocycles. The molecule has 2 fully saturated rings. The predicted octanol–water partition coefficient (Wildman–Crippen LogP) is 1.77. The molecule has 8 nitrogen and oxygen atoms in total. The molecular weight excluding hydrogens is 388 g/mol. The molecule has 1 aromatic carbocycles. The Bertz CT molecular complexity index is 681. The Morgan fingerprint density at radius 3 is 2.37 bits per heavy atom. The minimum Gasteiger partial charge on any atom is -0.497 e. The lowest BCUT2D eigenvalue weighted by molar-refractivity contribution is -0.150. The highest BCUT2D eigenvalue weighted by molar-refractivity contribution is 5.81. The summed E-state index contributed by atoms with van der Waals surface area (Å²) in [7, 11) is 1.58. The summed E-state index contributed by atoms with van der Waals surface area (Å²) in [5, 5.41) is 2.98. The van der Waals surface area contributed by atoms with Crippen LogP contribution in [-0.2, 0) is 19.1 Å². The van der Waals surface area contributed by atoms with Crippen molar-refractivity contribution in [2.75, 3.05) is 53.2 Å². The second kappa shape index (κ2) is 11.2. The van der Waals surface area contributed by atoms with E-state index in [9.17, 15) is 9.59 Å². The summed E-state index contributed by atoms with van der Waals surface area (Å²) in [6, 6.07) is 6.88. The van der Waals surface area contributed by atoms with Gasteiger partial charge in [-0.25, -0.2) is 4.79 Å². The highest BCUT2D eigenvalue weighted by Gasteiger charge is 2.38. The van der Waals surface area contributed by atoms with Crippen LogP contribution in [-0.4, -0.2) is 75.5 Å². The zero-order valence-corrected chi connectivity index (χ0v) is 17.7. The van der Waals surface area contributed by atoms with Crippen LogP contribution in [0.1, 0.15) is 32.1 Å². The van der Waals surface area contributed by atoms with E-state index >= 15 is 0 Å². The third kappa shape index (κ3) is 6.34. The standard InChI is InChI=1S/C22H32N2O6/c1-27-18-5-7-19(8-6-18)29-16-21(26)30-15-20(25)23-17-22(9-3-2-4-10-22)24-11-13-28-14-12-24/h5-8H,2-4,9-17H2,1H3,(H,23,25). The molecule has 1 amide bonds. The molecule has 166 valence electrons. The third-order valence-electron chi connectivity index (χ3n) is 5.86. The van der Waals surface area contributed by atoms with Gasteiger partial charge in [0.05, 0.1) is 20.3 Å². The molecule has 0 aromatic heterocycles. The summed E-state index contributed by atoms with van der Waals surface area (Å²) in [5.41, 5.74) is -0.0147. The number of carbonyl (C=O) groups excluding carboxylic acids is 2. The number of hydrogen-bond acceptors (Lipinski definition) is 7. The highest BCUT2D eigenvalue weighted by atomic mass is 16.6. The van der Waals surface area contributed by atoms with E-state index in [0.29, 0.717) is 18.0 Å². The van der Waals surface area contributed by atoms with Crippen LogP contribution in [0.5, 0.6) is 11.5 Å². The van der Waals surface area contributed by atoms with Gasteiger partial charge in [-0.15, -0.1) is 0 Å². The summed E-state index contributed by atoms with van der Waals surface area (Å²) in [5.74, 6) is 0.365. The number of morpholine rings is 1. The first-order valence-corrected chi connectivity index (χ1v) is 10.6. The number of rotatable bonds is 9. The zero-order chi connectivity index (χ0) is 21.2. The highest BCUT2D eigenvalue weighted by Crippen LogP contribution is 2.33. The van der Waals surface area contributed by atoms with Crippen LogP contribution in [0, 0.1) is 0 Å². The maximum absolute atomic E-state index is 12.3. The molecule has 1 saturated carbocycles. The number of amides is 1.